The number of rotatable bonds is 4. The van der Waals surface area contributed by atoms with Gasteiger partial charge in [-0.15, -0.1) is 0 Å². The first-order valence-electron chi connectivity index (χ1n) is 6.89. The van der Waals surface area contributed by atoms with Gasteiger partial charge < -0.3 is 15.8 Å². The van der Waals surface area contributed by atoms with Crippen molar-refractivity contribution in [1.82, 2.24) is 4.98 Å². The third-order valence-electron chi connectivity index (χ3n) is 3.37. The molecule has 6 heteroatoms. The number of aromatic nitrogens is 1. The van der Waals surface area contributed by atoms with E-state index < -0.39 is 0 Å². The van der Waals surface area contributed by atoms with E-state index in [1.165, 1.54) is 11.3 Å². The van der Waals surface area contributed by atoms with Gasteiger partial charge in [0.15, 0.2) is 5.13 Å². The van der Waals surface area contributed by atoms with Gasteiger partial charge in [-0.2, -0.15) is 0 Å². The summed E-state index contributed by atoms with van der Waals surface area (Å²) in [6.45, 7) is 1.29. The predicted molar refractivity (Wildman–Crippen MR) is 82.1 cm³/mol. The van der Waals surface area contributed by atoms with E-state index in [0.717, 1.165) is 22.6 Å². The lowest BCUT2D eigenvalue weighted by molar-refractivity contribution is -0.116. The molecule has 5 nitrogen and oxygen atoms in total. The van der Waals surface area contributed by atoms with Crippen LogP contribution in [0, 0.1) is 0 Å². The molecular formula is C15H17N3O2S. The van der Waals surface area contributed by atoms with Gasteiger partial charge in [0, 0.05) is 18.9 Å². The van der Waals surface area contributed by atoms with Crippen LogP contribution in [-0.2, 0) is 22.6 Å². The van der Waals surface area contributed by atoms with Crippen LogP contribution in [0.3, 0.4) is 0 Å². The molecule has 0 spiro atoms. The first-order valence-corrected chi connectivity index (χ1v) is 7.71. The molecule has 1 unspecified atom stereocenters. The second-order valence-corrected chi connectivity index (χ2v) is 6.04. The maximum absolute atomic E-state index is 12.1. The summed E-state index contributed by atoms with van der Waals surface area (Å²) in [7, 11) is 0. The maximum atomic E-state index is 12.1. The molecule has 1 aliphatic rings. The second-order valence-electron chi connectivity index (χ2n) is 4.96. The Labute approximate surface area is 127 Å². The van der Waals surface area contributed by atoms with Crippen molar-refractivity contribution in [3.8, 4) is 0 Å². The molecule has 3 N–H and O–H groups in total. The van der Waals surface area contributed by atoms with Crippen LogP contribution >= 0.6 is 11.3 Å². The number of carbonyl (C=O) groups excluding carboxylic acids is 1. The van der Waals surface area contributed by atoms with Crippen LogP contribution in [0.15, 0.2) is 30.3 Å². The molecule has 1 aliphatic heterocycles. The summed E-state index contributed by atoms with van der Waals surface area (Å²) in [4.78, 5) is 17.6. The van der Waals surface area contributed by atoms with Crippen molar-refractivity contribution in [2.24, 2.45) is 5.73 Å². The molecule has 3 rings (SSSR count). The molecule has 0 saturated heterocycles. The van der Waals surface area contributed by atoms with E-state index >= 15 is 0 Å². The van der Waals surface area contributed by atoms with Crippen LogP contribution < -0.4 is 11.1 Å². The van der Waals surface area contributed by atoms with Crippen LogP contribution in [0.2, 0.25) is 0 Å². The summed E-state index contributed by atoms with van der Waals surface area (Å²) in [5.74, 6) is -0.113. The molecule has 1 aromatic carbocycles. The molecule has 1 aromatic heterocycles. The van der Waals surface area contributed by atoms with Crippen molar-refractivity contribution in [3.63, 3.8) is 0 Å². The number of nitrogens with two attached hydrogens (primary N) is 1. The monoisotopic (exact) mass is 303 g/mol. The minimum Gasteiger partial charge on any atom is -0.375 e. The lowest BCUT2D eigenvalue weighted by Gasteiger charge is -2.10. The number of amides is 1. The number of carbonyl (C=O) groups is 1. The van der Waals surface area contributed by atoms with Crippen LogP contribution in [0.5, 0.6) is 0 Å². The summed E-state index contributed by atoms with van der Waals surface area (Å²) >= 11 is 1.48. The molecule has 0 aliphatic carbocycles. The van der Waals surface area contributed by atoms with Gasteiger partial charge >= 0.3 is 0 Å². The Kier molecular flexibility index (Phi) is 4.28. The zero-order valence-corrected chi connectivity index (χ0v) is 12.4. The smallest absolute Gasteiger partial charge is 0.228 e. The van der Waals surface area contributed by atoms with Gasteiger partial charge in [-0.1, -0.05) is 41.7 Å². The Bertz CT molecular complexity index is 604. The third-order valence-corrected chi connectivity index (χ3v) is 4.36. The molecule has 110 valence electrons. The van der Waals surface area contributed by atoms with Gasteiger partial charge in [-0.05, 0) is 5.56 Å². The van der Waals surface area contributed by atoms with E-state index in [1.807, 2.05) is 30.3 Å². The van der Waals surface area contributed by atoms with Gasteiger partial charge in [-0.25, -0.2) is 4.98 Å². The van der Waals surface area contributed by atoms with E-state index in [2.05, 4.69) is 10.3 Å². The molecule has 2 aromatic rings. The Morgan fingerprint density at radius 1 is 1.43 bits per heavy atom. The number of nitrogens with zero attached hydrogens (tertiary/aromatic N) is 1. The molecule has 2 heterocycles. The highest BCUT2D eigenvalue weighted by molar-refractivity contribution is 7.15. The highest BCUT2D eigenvalue weighted by Gasteiger charge is 2.18. The Morgan fingerprint density at radius 3 is 3.00 bits per heavy atom. The number of hydrogen-bond donors (Lipinski definition) is 2. The van der Waals surface area contributed by atoms with Crippen LogP contribution in [0.25, 0.3) is 0 Å². The van der Waals surface area contributed by atoms with Crippen LogP contribution in [-0.4, -0.2) is 17.5 Å². The van der Waals surface area contributed by atoms with E-state index in [1.54, 1.807) is 0 Å². The normalized spacial score (nSPS) is 15.3. The van der Waals surface area contributed by atoms with E-state index in [9.17, 15) is 4.79 Å². The van der Waals surface area contributed by atoms with Gasteiger partial charge in [-0.3, -0.25) is 4.79 Å². The number of nitrogens with one attached hydrogen (secondary N) is 1. The highest BCUT2D eigenvalue weighted by Crippen LogP contribution is 2.27. The van der Waals surface area contributed by atoms with Gasteiger partial charge in [0.25, 0.3) is 0 Å². The maximum Gasteiger partial charge on any atom is 0.228 e. The number of anilines is 1. The molecule has 1 atom stereocenters. The molecule has 1 amide bonds. The molecule has 0 bridgehead atoms. The lowest BCUT2D eigenvalue weighted by Crippen LogP contribution is -2.20. The topological polar surface area (TPSA) is 77.2 Å². The van der Waals surface area contributed by atoms with E-state index in [4.69, 9.17) is 10.5 Å². The number of benzene rings is 1. The third kappa shape index (κ3) is 3.47. The summed E-state index contributed by atoms with van der Waals surface area (Å²) in [5, 5.41) is 3.47. The molecule has 0 saturated carbocycles. The van der Waals surface area contributed by atoms with Gasteiger partial charge in [0.2, 0.25) is 5.91 Å². The SMILES string of the molecule is NC(CC(=O)Nc1nc2c(s1)COCC2)c1ccccc1. The first kappa shape index (κ1) is 14.2. The summed E-state index contributed by atoms with van der Waals surface area (Å²) < 4.78 is 5.37. The Balaban J connectivity index is 1.60. The minimum atomic E-state index is -0.302. The fraction of sp³-hybridized carbons (Fsp3) is 0.333. The van der Waals surface area contributed by atoms with Crippen molar-refractivity contribution < 1.29 is 9.53 Å². The average Bonchev–Trinajstić information content (AvgIpc) is 2.90. The highest BCUT2D eigenvalue weighted by atomic mass is 32.1. The summed E-state index contributed by atoms with van der Waals surface area (Å²) in [6.07, 6.45) is 1.05. The van der Waals surface area contributed by atoms with Gasteiger partial charge in [0.05, 0.1) is 23.8 Å². The minimum absolute atomic E-state index is 0.113. The number of fused-ring (bicyclic) bond motifs is 1. The Hall–Kier alpha value is -1.76. The number of thiazole rings is 1. The van der Waals surface area contributed by atoms with Crippen molar-refractivity contribution in [2.75, 3.05) is 11.9 Å². The summed E-state index contributed by atoms with van der Waals surface area (Å²) in [5.41, 5.74) is 8.04. The fourth-order valence-electron chi connectivity index (χ4n) is 2.27. The number of hydrogen-bond acceptors (Lipinski definition) is 5. The molecule has 21 heavy (non-hydrogen) atoms. The average molecular weight is 303 g/mol. The second kappa shape index (κ2) is 6.34. The zero-order valence-electron chi connectivity index (χ0n) is 11.5. The zero-order chi connectivity index (χ0) is 14.7. The summed E-state index contributed by atoms with van der Waals surface area (Å²) in [6, 6.07) is 9.32. The van der Waals surface area contributed by atoms with Crippen molar-refractivity contribution >= 4 is 22.4 Å². The Morgan fingerprint density at radius 2 is 2.24 bits per heavy atom. The standard InChI is InChI=1S/C15H17N3O2S/c16-11(10-4-2-1-3-5-10)8-14(19)18-15-17-12-6-7-20-9-13(12)21-15/h1-5,11H,6-9,16H2,(H,17,18,19). The first-order chi connectivity index (χ1) is 10.2. The van der Waals surface area contributed by atoms with Crippen molar-refractivity contribution in [1.29, 1.82) is 0 Å². The lowest BCUT2D eigenvalue weighted by atomic mass is 10.0. The van der Waals surface area contributed by atoms with E-state index in [-0.39, 0.29) is 18.4 Å². The van der Waals surface area contributed by atoms with Crippen molar-refractivity contribution in [2.45, 2.75) is 25.5 Å². The van der Waals surface area contributed by atoms with Crippen molar-refractivity contribution in [3.05, 3.63) is 46.5 Å². The quantitative estimate of drug-likeness (QED) is 0.908. The van der Waals surface area contributed by atoms with E-state index in [0.29, 0.717) is 18.3 Å². The molecule has 0 radical (unpaired) electrons. The predicted octanol–water partition coefficient (Wildman–Crippen LogP) is 2.24. The molecule has 0 fully saturated rings. The largest absolute Gasteiger partial charge is 0.375 e. The number of ether oxygens (including phenoxy) is 1. The van der Waals surface area contributed by atoms with Gasteiger partial charge in [0.1, 0.15) is 0 Å². The van der Waals surface area contributed by atoms with Crippen LogP contribution in [0.4, 0.5) is 5.13 Å². The fourth-order valence-corrected chi connectivity index (χ4v) is 3.23. The molecular weight excluding hydrogens is 286 g/mol. The van der Waals surface area contributed by atoms with Crippen LogP contribution in [0.1, 0.15) is 28.6 Å².